The molecular weight excluding hydrogens is 248 g/mol. The molecule has 1 aromatic rings. The van der Waals surface area contributed by atoms with Crippen molar-refractivity contribution in [1.29, 1.82) is 0 Å². The molecule has 0 spiro atoms. The first-order valence-electron chi connectivity index (χ1n) is 4.20. The van der Waals surface area contributed by atoms with Crippen LogP contribution in [-0.2, 0) is 15.1 Å². The zero-order valence-electron chi connectivity index (χ0n) is 8.67. The molecule has 0 radical (unpaired) electrons. The largest absolute Gasteiger partial charge is 0.467 e. The van der Waals surface area contributed by atoms with Gasteiger partial charge in [0.15, 0.2) is 5.54 Å². The second-order valence-electron chi connectivity index (χ2n) is 3.56. The minimum absolute atomic E-state index is 0.312. The Hall–Kier alpha value is -0.840. The fourth-order valence-electron chi connectivity index (χ4n) is 1.07. The predicted molar refractivity (Wildman–Crippen MR) is 56.0 cm³/mol. The van der Waals surface area contributed by atoms with Crippen LogP contribution >= 0.6 is 15.9 Å². The molecule has 78 valence electrons. The highest BCUT2D eigenvalue weighted by atomic mass is 79.9. The first-order chi connectivity index (χ1) is 6.39. The Balaban J connectivity index is 3.09. The average Bonchev–Trinajstić information content (AvgIpc) is 2.46. The van der Waals surface area contributed by atoms with E-state index in [9.17, 15) is 4.79 Å². The molecule has 0 saturated heterocycles. The number of ether oxygens (including phenoxy) is 1. The topological polar surface area (TPSA) is 44.1 Å². The van der Waals surface area contributed by atoms with Crippen LogP contribution in [-0.4, -0.2) is 22.9 Å². The lowest BCUT2D eigenvalue weighted by Crippen LogP contribution is -2.37. The van der Waals surface area contributed by atoms with Crippen LogP contribution in [0.25, 0.3) is 0 Å². The number of nitrogens with zero attached hydrogens (tertiary/aromatic N) is 2. The molecule has 5 heteroatoms. The highest BCUT2D eigenvalue weighted by molar-refractivity contribution is 9.10. The van der Waals surface area contributed by atoms with Gasteiger partial charge in [-0.05, 0) is 36.7 Å². The van der Waals surface area contributed by atoms with Gasteiger partial charge in [0.2, 0.25) is 0 Å². The molecule has 1 aromatic heterocycles. The van der Waals surface area contributed by atoms with Crippen LogP contribution in [0.1, 0.15) is 19.5 Å². The van der Waals surface area contributed by atoms with E-state index in [0.717, 1.165) is 10.2 Å². The van der Waals surface area contributed by atoms with E-state index in [-0.39, 0.29) is 5.97 Å². The molecule has 0 aliphatic carbocycles. The Morgan fingerprint density at radius 2 is 2.21 bits per heavy atom. The Labute approximate surface area is 91.4 Å². The van der Waals surface area contributed by atoms with Gasteiger partial charge in [-0.1, -0.05) is 0 Å². The lowest BCUT2D eigenvalue weighted by Gasteiger charge is -2.21. The standard InChI is InChI=1S/C9H13BrN2O2/c1-6-7(10)5-12(11-6)9(2,3)8(13)14-4/h5H,1-4H3. The summed E-state index contributed by atoms with van der Waals surface area (Å²) >= 11 is 3.34. The first kappa shape index (κ1) is 11.2. The van der Waals surface area contributed by atoms with E-state index in [2.05, 4.69) is 21.0 Å². The van der Waals surface area contributed by atoms with Gasteiger partial charge in [0.05, 0.1) is 17.3 Å². The SMILES string of the molecule is COC(=O)C(C)(C)n1cc(Br)c(C)n1. The van der Waals surface area contributed by atoms with Gasteiger partial charge < -0.3 is 4.74 Å². The molecule has 0 bridgehead atoms. The summed E-state index contributed by atoms with van der Waals surface area (Å²) in [6.07, 6.45) is 1.77. The van der Waals surface area contributed by atoms with Crippen molar-refractivity contribution in [3.63, 3.8) is 0 Å². The number of methoxy groups -OCH3 is 1. The molecule has 4 nitrogen and oxygen atoms in total. The van der Waals surface area contributed by atoms with Crippen LogP contribution < -0.4 is 0 Å². The van der Waals surface area contributed by atoms with Gasteiger partial charge in [-0.3, -0.25) is 4.68 Å². The highest BCUT2D eigenvalue weighted by Crippen LogP contribution is 2.21. The summed E-state index contributed by atoms with van der Waals surface area (Å²) in [5.74, 6) is -0.312. The fraction of sp³-hybridized carbons (Fsp3) is 0.556. The summed E-state index contributed by atoms with van der Waals surface area (Å²) in [7, 11) is 1.37. The van der Waals surface area contributed by atoms with E-state index in [1.165, 1.54) is 7.11 Å². The van der Waals surface area contributed by atoms with Crippen LogP contribution in [0.15, 0.2) is 10.7 Å². The van der Waals surface area contributed by atoms with Crippen LogP contribution in [0.2, 0.25) is 0 Å². The number of carbonyl (C=O) groups is 1. The van der Waals surface area contributed by atoms with Gasteiger partial charge in [-0.15, -0.1) is 0 Å². The molecule has 0 atom stereocenters. The molecule has 0 aromatic carbocycles. The molecular formula is C9H13BrN2O2. The molecule has 0 aliphatic heterocycles. The smallest absolute Gasteiger partial charge is 0.333 e. The Kier molecular flexibility index (Phi) is 2.99. The zero-order valence-corrected chi connectivity index (χ0v) is 10.3. The van der Waals surface area contributed by atoms with Crippen molar-refractivity contribution in [1.82, 2.24) is 9.78 Å². The molecule has 0 N–H and O–H groups in total. The lowest BCUT2D eigenvalue weighted by molar-refractivity contribution is -0.150. The van der Waals surface area contributed by atoms with E-state index < -0.39 is 5.54 Å². The predicted octanol–water partition coefficient (Wildman–Crippen LogP) is 1.86. The maximum absolute atomic E-state index is 11.5. The molecule has 1 rings (SSSR count). The average molecular weight is 261 g/mol. The fourth-order valence-corrected chi connectivity index (χ4v) is 1.34. The van der Waals surface area contributed by atoms with Crippen LogP contribution in [0.4, 0.5) is 0 Å². The summed E-state index contributed by atoms with van der Waals surface area (Å²) in [4.78, 5) is 11.5. The second-order valence-corrected chi connectivity index (χ2v) is 4.41. The third-order valence-corrected chi connectivity index (χ3v) is 2.88. The minimum atomic E-state index is -0.772. The van der Waals surface area contributed by atoms with E-state index in [0.29, 0.717) is 0 Å². The third-order valence-electron chi connectivity index (χ3n) is 2.10. The van der Waals surface area contributed by atoms with E-state index in [1.807, 2.05) is 6.92 Å². The number of hydrogen-bond acceptors (Lipinski definition) is 3. The van der Waals surface area contributed by atoms with Crippen molar-refractivity contribution in [3.8, 4) is 0 Å². The first-order valence-corrected chi connectivity index (χ1v) is 4.99. The molecule has 0 saturated carbocycles. The summed E-state index contributed by atoms with van der Waals surface area (Å²) in [5, 5.41) is 4.22. The van der Waals surface area contributed by atoms with Crippen molar-refractivity contribution in [2.75, 3.05) is 7.11 Å². The van der Waals surface area contributed by atoms with Gasteiger partial charge in [0.25, 0.3) is 0 Å². The van der Waals surface area contributed by atoms with Gasteiger partial charge in [-0.25, -0.2) is 4.79 Å². The van der Waals surface area contributed by atoms with Gasteiger partial charge in [0.1, 0.15) is 0 Å². The Morgan fingerprint density at radius 3 is 2.57 bits per heavy atom. The van der Waals surface area contributed by atoms with Crippen molar-refractivity contribution in [2.24, 2.45) is 0 Å². The van der Waals surface area contributed by atoms with Crippen LogP contribution in [0.5, 0.6) is 0 Å². The van der Waals surface area contributed by atoms with Crippen LogP contribution in [0.3, 0.4) is 0 Å². The Bertz CT molecular complexity index is 338. The minimum Gasteiger partial charge on any atom is -0.467 e. The van der Waals surface area contributed by atoms with Crippen LogP contribution in [0, 0.1) is 6.92 Å². The summed E-state index contributed by atoms with van der Waals surface area (Å²) in [5.41, 5.74) is 0.0768. The van der Waals surface area contributed by atoms with E-state index in [1.54, 1.807) is 24.7 Å². The lowest BCUT2D eigenvalue weighted by atomic mass is 10.1. The number of aromatic nitrogens is 2. The molecule has 0 fully saturated rings. The highest BCUT2D eigenvalue weighted by Gasteiger charge is 2.32. The van der Waals surface area contributed by atoms with Gasteiger partial charge in [0, 0.05) is 6.20 Å². The quantitative estimate of drug-likeness (QED) is 0.763. The van der Waals surface area contributed by atoms with Crippen molar-refractivity contribution < 1.29 is 9.53 Å². The maximum atomic E-state index is 11.5. The number of esters is 1. The molecule has 0 unspecified atom stereocenters. The molecule has 0 aliphatic rings. The monoisotopic (exact) mass is 260 g/mol. The summed E-state index contributed by atoms with van der Waals surface area (Å²) < 4.78 is 7.18. The van der Waals surface area contributed by atoms with Crippen molar-refractivity contribution >= 4 is 21.9 Å². The molecule has 0 amide bonds. The number of rotatable bonds is 2. The van der Waals surface area contributed by atoms with E-state index in [4.69, 9.17) is 4.74 Å². The normalized spacial score (nSPS) is 11.5. The maximum Gasteiger partial charge on any atom is 0.333 e. The van der Waals surface area contributed by atoms with Gasteiger partial charge in [-0.2, -0.15) is 5.10 Å². The van der Waals surface area contributed by atoms with Crippen molar-refractivity contribution in [3.05, 3.63) is 16.4 Å². The number of halogens is 1. The zero-order chi connectivity index (χ0) is 10.9. The number of hydrogen-bond donors (Lipinski definition) is 0. The van der Waals surface area contributed by atoms with Gasteiger partial charge >= 0.3 is 5.97 Å². The van der Waals surface area contributed by atoms with E-state index >= 15 is 0 Å². The third kappa shape index (κ3) is 1.82. The molecule has 1 heterocycles. The summed E-state index contributed by atoms with van der Waals surface area (Å²) in [6.45, 7) is 5.39. The second kappa shape index (κ2) is 3.73. The summed E-state index contributed by atoms with van der Waals surface area (Å²) in [6, 6.07) is 0. The Morgan fingerprint density at radius 1 is 1.64 bits per heavy atom. The number of carbonyl (C=O) groups excluding carboxylic acids is 1. The molecule has 14 heavy (non-hydrogen) atoms. The van der Waals surface area contributed by atoms with Crippen molar-refractivity contribution in [2.45, 2.75) is 26.3 Å². The number of aryl methyl sites for hydroxylation is 1.